The second-order valence-corrected chi connectivity index (χ2v) is 7.02. The van der Waals surface area contributed by atoms with Gasteiger partial charge in [0.25, 0.3) is 0 Å². The highest BCUT2D eigenvalue weighted by atomic mass is 79.9. The Labute approximate surface area is 170 Å². The summed E-state index contributed by atoms with van der Waals surface area (Å²) in [6, 6.07) is 5.27. The maximum Gasteiger partial charge on any atom is 0.305 e. The summed E-state index contributed by atoms with van der Waals surface area (Å²) >= 11 is 9.52. The average molecular weight is 464 g/mol. The van der Waals surface area contributed by atoms with Crippen LogP contribution in [0, 0.1) is 0 Å². The molecule has 0 amide bonds. The Kier molecular flexibility index (Phi) is 7.64. The largest absolute Gasteiger partial charge is 0.459 e. The third-order valence-corrected chi connectivity index (χ3v) is 4.82. The van der Waals surface area contributed by atoms with Gasteiger partial charge in [-0.05, 0) is 17.2 Å². The molecule has 4 atom stereocenters. The van der Waals surface area contributed by atoms with Gasteiger partial charge in [-0.1, -0.05) is 39.7 Å². The Morgan fingerprint density at radius 3 is 2.22 bits per heavy atom. The lowest BCUT2D eigenvalue weighted by atomic mass is 9.95. The number of hydrogen-bond acceptors (Lipinski definition) is 7. The smallest absolute Gasteiger partial charge is 0.305 e. The molecule has 0 saturated carbocycles. The van der Waals surface area contributed by atoms with Gasteiger partial charge in [0.1, 0.15) is 12.2 Å². The molecular formula is C18H20BrClO7. The van der Waals surface area contributed by atoms with Gasteiger partial charge >= 0.3 is 17.9 Å². The van der Waals surface area contributed by atoms with E-state index in [-0.39, 0.29) is 6.42 Å². The molecule has 0 radical (unpaired) electrons. The van der Waals surface area contributed by atoms with E-state index in [1.54, 1.807) is 12.1 Å². The summed E-state index contributed by atoms with van der Waals surface area (Å²) < 4.78 is 21.7. The van der Waals surface area contributed by atoms with Gasteiger partial charge in [-0.25, -0.2) is 0 Å². The van der Waals surface area contributed by atoms with Crippen molar-refractivity contribution >= 4 is 45.4 Å². The van der Waals surface area contributed by atoms with Crippen molar-refractivity contribution in [3.63, 3.8) is 0 Å². The van der Waals surface area contributed by atoms with E-state index in [1.807, 2.05) is 6.07 Å². The minimum atomic E-state index is -1.12. The molecule has 9 heteroatoms. The van der Waals surface area contributed by atoms with Crippen LogP contribution in [0.15, 0.2) is 18.2 Å². The van der Waals surface area contributed by atoms with Crippen LogP contribution in [0.3, 0.4) is 0 Å². The van der Waals surface area contributed by atoms with Gasteiger partial charge in [0.05, 0.1) is 0 Å². The molecule has 0 N–H and O–H groups in total. The molecular weight excluding hydrogens is 444 g/mol. The Morgan fingerprint density at radius 1 is 1.07 bits per heavy atom. The van der Waals surface area contributed by atoms with E-state index < -0.39 is 42.5 Å². The summed E-state index contributed by atoms with van der Waals surface area (Å²) in [6.45, 7) is 3.74. The molecule has 0 spiro atoms. The lowest BCUT2D eigenvalue weighted by molar-refractivity contribution is -0.267. The number of carbonyl (C=O) groups excluding carboxylic acids is 3. The van der Waals surface area contributed by atoms with Crippen molar-refractivity contribution in [3.05, 3.63) is 34.3 Å². The number of halogens is 2. The summed E-state index contributed by atoms with van der Waals surface area (Å²) in [6.07, 6.45) is -3.35. The predicted octanol–water partition coefficient (Wildman–Crippen LogP) is 3.45. The van der Waals surface area contributed by atoms with Crippen LogP contribution in [0.5, 0.6) is 0 Å². The third-order valence-electron chi connectivity index (χ3n) is 3.85. The average Bonchev–Trinajstić information content (AvgIpc) is 2.56. The molecule has 0 aliphatic carbocycles. The summed E-state index contributed by atoms with van der Waals surface area (Å²) in [7, 11) is 0. The minimum Gasteiger partial charge on any atom is -0.459 e. The molecule has 0 bridgehead atoms. The standard InChI is InChI=1S/C18H20BrClO7/c1-9(21)24-15-7-16(25-10(2)22)18(26-11(3)23)27-17(15)12-4-5-14(20)13(6-12)8-19/h4-6,15-18H,7-8H2,1-3H3/t15-,16+,17+,18?/m1/s1. The molecule has 1 aliphatic heterocycles. The molecule has 2 rings (SSSR count). The molecule has 0 aromatic heterocycles. The molecule has 1 unspecified atom stereocenters. The van der Waals surface area contributed by atoms with E-state index in [0.717, 1.165) is 5.56 Å². The van der Waals surface area contributed by atoms with Crippen molar-refractivity contribution in [2.75, 3.05) is 0 Å². The number of hydrogen-bond donors (Lipinski definition) is 0. The van der Waals surface area contributed by atoms with Crippen LogP contribution in [0.2, 0.25) is 5.02 Å². The number of alkyl halides is 1. The van der Waals surface area contributed by atoms with Crippen molar-refractivity contribution in [3.8, 4) is 0 Å². The quantitative estimate of drug-likeness (QED) is 0.375. The zero-order valence-electron chi connectivity index (χ0n) is 15.1. The number of benzene rings is 1. The minimum absolute atomic E-state index is 0.119. The third kappa shape index (κ3) is 5.92. The summed E-state index contributed by atoms with van der Waals surface area (Å²) in [5.74, 6) is -1.65. The summed E-state index contributed by atoms with van der Waals surface area (Å²) in [4.78, 5) is 34.4. The first kappa shape index (κ1) is 21.7. The zero-order chi connectivity index (χ0) is 20.1. The second kappa shape index (κ2) is 9.52. The molecule has 7 nitrogen and oxygen atoms in total. The van der Waals surface area contributed by atoms with Crippen LogP contribution in [-0.4, -0.2) is 36.4 Å². The highest BCUT2D eigenvalue weighted by Crippen LogP contribution is 2.37. The van der Waals surface area contributed by atoms with Gasteiger partial charge in [0.2, 0.25) is 6.29 Å². The van der Waals surface area contributed by atoms with Crippen LogP contribution in [-0.2, 0) is 38.7 Å². The SMILES string of the molecule is CC(=O)OC1O[C@@H](c2ccc(Cl)c(CBr)c2)[C@H](OC(C)=O)C[C@@H]1OC(C)=O. The van der Waals surface area contributed by atoms with E-state index in [9.17, 15) is 14.4 Å². The summed E-state index contributed by atoms with van der Waals surface area (Å²) in [5, 5.41) is 1.10. The van der Waals surface area contributed by atoms with Crippen molar-refractivity contribution in [1.29, 1.82) is 0 Å². The van der Waals surface area contributed by atoms with E-state index in [4.69, 9.17) is 30.5 Å². The van der Waals surface area contributed by atoms with Crippen LogP contribution in [0.25, 0.3) is 0 Å². The molecule has 1 saturated heterocycles. The van der Waals surface area contributed by atoms with E-state index >= 15 is 0 Å². The van der Waals surface area contributed by atoms with Gasteiger partial charge < -0.3 is 18.9 Å². The van der Waals surface area contributed by atoms with Gasteiger partial charge in [0, 0.05) is 37.5 Å². The monoisotopic (exact) mass is 462 g/mol. The Bertz CT molecular complexity index is 724. The zero-order valence-corrected chi connectivity index (χ0v) is 17.4. The summed E-state index contributed by atoms with van der Waals surface area (Å²) in [5.41, 5.74) is 1.52. The lowest BCUT2D eigenvalue weighted by Crippen LogP contribution is -2.48. The predicted molar refractivity (Wildman–Crippen MR) is 99.2 cm³/mol. The maximum absolute atomic E-state index is 11.6. The molecule has 148 valence electrons. The molecule has 1 aliphatic rings. The number of rotatable bonds is 5. The van der Waals surface area contributed by atoms with Crippen molar-refractivity contribution < 1.29 is 33.3 Å². The molecule has 1 aromatic rings. The molecule has 1 heterocycles. The Morgan fingerprint density at radius 2 is 1.67 bits per heavy atom. The highest BCUT2D eigenvalue weighted by Gasteiger charge is 2.44. The first-order chi connectivity index (χ1) is 12.7. The van der Waals surface area contributed by atoms with Crippen LogP contribution in [0.1, 0.15) is 44.4 Å². The Balaban J connectivity index is 2.37. The van der Waals surface area contributed by atoms with Gasteiger partial charge in [-0.2, -0.15) is 0 Å². The normalized spacial score (nSPS) is 24.8. The van der Waals surface area contributed by atoms with Gasteiger partial charge in [-0.15, -0.1) is 0 Å². The molecule has 1 fully saturated rings. The molecule has 27 heavy (non-hydrogen) atoms. The van der Waals surface area contributed by atoms with Gasteiger partial charge in [-0.3, -0.25) is 14.4 Å². The van der Waals surface area contributed by atoms with Crippen molar-refractivity contribution in [2.24, 2.45) is 0 Å². The van der Waals surface area contributed by atoms with Gasteiger partial charge in [0.15, 0.2) is 6.10 Å². The van der Waals surface area contributed by atoms with E-state index in [0.29, 0.717) is 15.9 Å². The maximum atomic E-state index is 11.6. The number of carbonyl (C=O) groups is 3. The van der Waals surface area contributed by atoms with Crippen LogP contribution < -0.4 is 0 Å². The first-order valence-corrected chi connectivity index (χ1v) is 9.72. The van der Waals surface area contributed by atoms with Crippen LogP contribution >= 0.6 is 27.5 Å². The van der Waals surface area contributed by atoms with Crippen molar-refractivity contribution in [1.82, 2.24) is 0 Å². The fraction of sp³-hybridized carbons (Fsp3) is 0.500. The fourth-order valence-corrected chi connectivity index (χ4v) is 3.67. The topological polar surface area (TPSA) is 88.1 Å². The highest BCUT2D eigenvalue weighted by molar-refractivity contribution is 9.08. The van der Waals surface area contributed by atoms with E-state index in [1.165, 1.54) is 20.8 Å². The van der Waals surface area contributed by atoms with Crippen LogP contribution in [0.4, 0.5) is 0 Å². The number of ether oxygens (including phenoxy) is 4. The van der Waals surface area contributed by atoms with E-state index in [2.05, 4.69) is 15.9 Å². The van der Waals surface area contributed by atoms with Crippen molar-refractivity contribution in [2.45, 2.75) is 57.1 Å². The lowest BCUT2D eigenvalue weighted by Gasteiger charge is -2.39. The number of esters is 3. The molecule has 1 aromatic carbocycles. The fourth-order valence-electron chi connectivity index (χ4n) is 2.86. The first-order valence-electron chi connectivity index (χ1n) is 8.22. The second-order valence-electron chi connectivity index (χ2n) is 6.05. The Hall–Kier alpha value is -1.64.